The number of nitrogens with zero attached hydrogens (tertiary/aromatic N) is 1. The van der Waals surface area contributed by atoms with E-state index in [2.05, 4.69) is 22.3 Å². The van der Waals surface area contributed by atoms with Gasteiger partial charge in [0.05, 0.1) is 0 Å². The van der Waals surface area contributed by atoms with Gasteiger partial charge in [-0.2, -0.15) is 0 Å². The number of hydrogen-bond acceptors (Lipinski definition) is 3. The summed E-state index contributed by atoms with van der Waals surface area (Å²) in [6.07, 6.45) is 0.851. The van der Waals surface area contributed by atoms with E-state index in [1.165, 1.54) is 5.56 Å². The molecule has 0 aliphatic carbocycles. The van der Waals surface area contributed by atoms with Crippen molar-refractivity contribution in [3.8, 4) is 0 Å². The molecule has 2 atom stereocenters. The monoisotopic (exact) mass is 264 g/mol. The lowest BCUT2D eigenvalue weighted by atomic mass is 10.0. The van der Waals surface area contributed by atoms with Gasteiger partial charge < -0.3 is 15.3 Å². The number of carboxylic acid groups (broad SMARTS) is 1. The topological polar surface area (TPSA) is 52.6 Å². The van der Waals surface area contributed by atoms with Crippen LogP contribution in [-0.2, 0) is 4.79 Å². The van der Waals surface area contributed by atoms with Crippen LogP contribution in [0.1, 0.15) is 31.4 Å². The van der Waals surface area contributed by atoms with E-state index in [0.29, 0.717) is 6.42 Å². The smallest absolute Gasteiger partial charge is 0.303 e. The molecule has 106 valence electrons. The van der Waals surface area contributed by atoms with Crippen LogP contribution in [0.3, 0.4) is 0 Å². The van der Waals surface area contributed by atoms with E-state index in [1.54, 1.807) is 0 Å². The normalized spacial score (nSPS) is 14.3. The number of aliphatic carboxylic acids is 1. The highest BCUT2D eigenvalue weighted by molar-refractivity contribution is 5.66. The molecule has 0 amide bonds. The maximum atomic E-state index is 10.6. The Morgan fingerprint density at radius 2 is 1.95 bits per heavy atom. The molecule has 0 fully saturated rings. The average Bonchev–Trinajstić information content (AvgIpc) is 2.36. The molecule has 0 spiro atoms. The van der Waals surface area contributed by atoms with Crippen molar-refractivity contribution in [1.82, 2.24) is 10.2 Å². The third-order valence-corrected chi connectivity index (χ3v) is 3.03. The number of carbonyl (C=O) groups is 1. The Bertz CT molecular complexity index is 379. The van der Waals surface area contributed by atoms with Crippen LogP contribution in [0.25, 0.3) is 0 Å². The van der Waals surface area contributed by atoms with Crippen molar-refractivity contribution >= 4 is 5.97 Å². The quantitative estimate of drug-likeness (QED) is 0.755. The van der Waals surface area contributed by atoms with Gasteiger partial charge in [-0.15, -0.1) is 0 Å². The van der Waals surface area contributed by atoms with Crippen LogP contribution in [0.15, 0.2) is 30.3 Å². The first kappa shape index (κ1) is 15.7. The van der Waals surface area contributed by atoms with Crippen molar-refractivity contribution in [3.63, 3.8) is 0 Å². The fraction of sp³-hybridized carbons (Fsp3) is 0.533. The van der Waals surface area contributed by atoms with E-state index in [-0.39, 0.29) is 18.5 Å². The Morgan fingerprint density at radius 1 is 1.32 bits per heavy atom. The largest absolute Gasteiger partial charge is 0.481 e. The van der Waals surface area contributed by atoms with Crippen LogP contribution < -0.4 is 5.32 Å². The third kappa shape index (κ3) is 6.36. The Labute approximate surface area is 115 Å². The van der Waals surface area contributed by atoms with E-state index < -0.39 is 5.97 Å². The summed E-state index contributed by atoms with van der Waals surface area (Å²) in [6, 6.07) is 10.7. The molecule has 4 nitrogen and oxygen atoms in total. The van der Waals surface area contributed by atoms with Gasteiger partial charge in [0.1, 0.15) is 0 Å². The predicted molar refractivity (Wildman–Crippen MR) is 77.2 cm³/mol. The summed E-state index contributed by atoms with van der Waals surface area (Å²) in [6.45, 7) is 2.93. The standard InChI is InChI=1S/C15H24N2O2/c1-12(9-10-15(18)19)16-14(11-17(2)3)13-7-5-4-6-8-13/h4-8,12,14,16H,9-11H2,1-3H3,(H,18,19). The lowest BCUT2D eigenvalue weighted by Gasteiger charge is -2.26. The Hall–Kier alpha value is -1.39. The summed E-state index contributed by atoms with van der Waals surface area (Å²) in [5.41, 5.74) is 1.23. The lowest BCUT2D eigenvalue weighted by Crippen LogP contribution is -2.36. The van der Waals surface area contributed by atoms with E-state index in [4.69, 9.17) is 5.11 Å². The summed E-state index contributed by atoms with van der Waals surface area (Å²) in [4.78, 5) is 12.7. The van der Waals surface area contributed by atoms with Gasteiger partial charge in [0.15, 0.2) is 0 Å². The predicted octanol–water partition coefficient (Wildman–Crippen LogP) is 2.13. The molecule has 0 radical (unpaired) electrons. The molecule has 1 aromatic carbocycles. The first-order valence-electron chi connectivity index (χ1n) is 6.66. The van der Waals surface area contributed by atoms with Crippen molar-refractivity contribution < 1.29 is 9.90 Å². The summed E-state index contributed by atoms with van der Waals surface area (Å²) < 4.78 is 0. The van der Waals surface area contributed by atoms with Crippen molar-refractivity contribution in [1.29, 1.82) is 0 Å². The van der Waals surface area contributed by atoms with Crippen LogP contribution in [0, 0.1) is 0 Å². The number of likely N-dealkylation sites (N-methyl/N-ethyl adjacent to an activating group) is 1. The number of benzene rings is 1. The molecule has 2 unspecified atom stereocenters. The van der Waals surface area contributed by atoms with Gasteiger partial charge >= 0.3 is 5.97 Å². The van der Waals surface area contributed by atoms with Crippen molar-refractivity contribution in [2.45, 2.75) is 31.8 Å². The second-order valence-corrected chi connectivity index (χ2v) is 5.23. The third-order valence-electron chi connectivity index (χ3n) is 3.03. The minimum absolute atomic E-state index is 0.182. The van der Waals surface area contributed by atoms with E-state index >= 15 is 0 Å². The van der Waals surface area contributed by atoms with E-state index in [1.807, 2.05) is 39.2 Å². The molecular formula is C15H24N2O2. The molecule has 0 saturated carbocycles. The molecule has 19 heavy (non-hydrogen) atoms. The fourth-order valence-corrected chi connectivity index (χ4v) is 2.07. The molecule has 4 heteroatoms. The van der Waals surface area contributed by atoms with Crippen molar-refractivity contribution in [2.75, 3.05) is 20.6 Å². The zero-order valence-electron chi connectivity index (χ0n) is 12.0. The van der Waals surface area contributed by atoms with Crippen molar-refractivity contribution in [2.24, 2.45) is 0 Å². The summed E-state index contributed by atoms with van der Waals surface area (Å²) in [5.74, 6) is -0.738. The maximum absolute atomic E-state index is 10.6. The Morgan fingerprint density at radius 3 is 2.47 bits per heavy atom. The van der Waals surface area contributed by atoms with Gasteiger partial charge in [-0.05, 0) is 33.0 Å². The minimum atomic E-state index is -0.738. The molecule has 0 aromatic heterocycles. The fourth-order valence-electron chi connectivity index (χ4n) is 2.07. The first-order chi connectivity index (χ1) is 8.99. The Balaban J connectivity index is 2.62. The van der Waals surface area contributed by atoms with Gasteiger partial charge in [0.25, 0.3) is 0 Å². The highest BCUT2D eigenvalue weighted by Gasteiger charge is 2.15. The second-order valence-electron chi connectivity index (χ2n) is 5.23. The van der Waals surface area contributed by atoms with Crippen LogP contribution >= 0.6 is 0 Å². The van der Waals surface area contributed by atoms with Crippen LogP contribution in [0.5, 0.6) is 0 Å². The molecule has 0 aliphatic rings. The van der Waals surface area contributed by atoms with Gasteiger partial charge in [0.2, 0.25) is 0 Å². The first-order valence-corrected chi connectivity index (χ1v) is 6.66. The molecule has 0 aliphatic heterocycles. The highest BCUT2D eigenvalue weighted by Crippen LogP contribution is 2.15. The van der Waals surface area contributed by atoms with Gasteiger partial charge in [-0.1, -0.05) is 30.3 Å². The van der Waals surface area contributed by atoms with Crippen LogP contribution in [-0.4, -0.2) is 42.7 Å². The number of rotatable bonds is 8. The van der Waals surface area contributed by atoms with Gasteiger partial charge in [-0.3, -0.25) is 4.79 Å². The summed E-state index contributed by atoms with van der Waals surface area (Å²) in [7, 11) is 4.08. The molecule has 2 N–H and O–H groups in total. The Kier molecular flexibility index (Phi) is 6.53. The number of carboxylic acids is 1. The molecule has 1 aromatic rings. The molecule has 0 bridgehead atoms. The minimum Gasteiger partial charge on any atom is -0.481 e. The van der Waals surface area contributed by atoms with Gasteiger partial charge in [-0.25, -0.2) is 0 Å². The number of hydrogen-bond donors (Lipinski definition) is 2. The maximum Gasteiger partial charge on any atom is 0.303 e. The van der Waals surface area contributed by atoms with Crippen LogP contribution in [0.4, 0.5) is 0 Å². The average molecular weight is 264 g/mol. The number of nitrogens with one attached hydrogen (secondary N) is 1. The summed E-state index contributed by atoms with van der Waals surface area (Å²) >= 11 is 0. The molecule has 1 rings (SSSR count). The van der Waals surface area contributed by atoms with E-state index in [0.717, 1.165) is 6.54 Å². The van der Waals surface area contributed by atoms with Crippen molar-refractivity contribution in [3.05, 3.63) is 35.9 Å². The molecule has 0 heterocycles. The highest BCUT2D eigenvalue weighted by atomic mass is 16.4. The van der Waals surface area contributed by atoms with E-state index in [9.17, 15) is 4.79 Å². The molecular weight excluding hydrogens is 240 g/mol. The molecule has 0 saturated heterocycles. The zero-order valence-corrected chi connectivity index (χ0v) is 12.0. The zero-order chi connectivity index (χ0) is 14.3. The lowest BCUT2D eigenvalue weighted by molar-refractivity contribution is -0.137. The second kappa shape index (κ2) is 7.92. The van der Waals surface area contributed by atoms with Gasteiger partial charge in [0, 0.05) is 25.0 Å². The summed E-state index contributed by atoms with van der Waals surface area (Å²) in [5, 5.41) is 12.2. The SMILES string of the molecule is CC(CCC(=O)O)NC(CN(C)C)c1ccccc1. The van der Waals surface area contributed by atoms with Crippen LogP contribution in [0.2, 0.25) is 0 Å².